The first-order valence-corrected chi connectivity index (χ1v) is 10.8. The molecule has 30 heavy (non-hydrogen) atoms. The zero-order valence-corrected chi connectivity index (χ0v) is 17.7. The molecule has 3 atom stereocenters. The third kappa shape index (κ3) is 4.20. The van der Waals surface area contributed by atoms with E-state index in [4.69, 9.17) is 16.3 Å². The van der Waals surface area contributed by atoms with Crippen molar-refractivity contribution in [3.05, 3.63) is 35.0 Å². The Bertz CT molecular complexity index is 936. The molecule has 8 heteroatoms. The summed E-state index contributed by atoms with van der Waals surface area (Å²) < 4.78 is 35.0. The molecule has 164 valence electrons. The van der Waals surface area contributed by atoms with Crippen molar-refractivity contribution in [2.24, 2.45) is 5.92 Å². The van der Waals surface area contributed by atoms with E-state index in [0.717, 1.165) is 18.9 Å². The number of rotatable bonds is 5. The SMILES string of the molecule is CC(F)(F)C1CCCC(O)(CNC(=O)c2cn(C3CCOC3)c3cccc(Cl)c23)C1. The molecule has 1 saturated carbocycles. The lowest BCUT2D eigenvalue weighted by atomic mass is 9.75. The highest BCUT2D eigenvalue weighted by Gasteiger charge is 2.43. The summed E-state index contributed by atoms with van der Waals surface area (Å²) in [5.41, 5.74) is -0.0658. The van der Waals surface area contributed by atoms with Gasteiger partial charge in [-0.15, -0.1) is 0 Å². The molecule has 5 nitrogen and oxygen atoms in total. The van der Waals surface area contributed by atoms with Crippen molar-refractivity contribution in [2.75, 3.05) is 19.8 Å². The van der Waals surface area contributed by atoms with Gasteiger partial charge in [-0.05, 0) is 44.7 Å². The fraction of sp³-hybridized carbons (Fsp3) is 0.591. The van der Waals surface area contributed by atoms with E-state index < -0.39 is 17.4 Å². The van der Waals surface area contributed by atoms with Crippen LogP contribution in [0.1, 0.15) is 55.4 Å². The van der Waals surface area contributed by atoms with Crippen molar-refractivity contribution in [3.8, 4) is 0 Å². The number of hydrogen-bond acceptors (Lipinski definition) is 3. The fourth-order valence-electron chi connectivity index (χ4n) is 4.76. The monoisotopic (exact) mass is 440 g/mol. The minimum Gasteiger partial charge on any atom is -0.388 e. The molecule has 1 amide bonds. The van der Waals surface area contributed by atoms with Crippen LogP contribution >= 0.6 is 11.6 Å². The molecule has 4 rings (SSSR count). The first-order valence-electron chi connectivity index (χ1n) is 10.4. The molecule has 0 radical (unpaired) electrons. The highest BCUT2D eigenvalue weighted by Crippen LogP contribution is 2.40. The van der Waals surface area contributed by atoms with Crippen molar-refractivity contribution in [1.82, 2.24) is 9.88 Å². The minimum absolute atomic E-state index is 0.0291. The third-order valence-corrected chi connectivity index (χ3v) is 6.78. The fourth-order valence-corrected chi connectivity index (χ4v) is 5.03. The molecule has 3 unspecified atom stereocenters. The Morgan fingerprint density at radius 3 is 2.93 bits per heavy atom. The number of carbonyl (C=O) groups is 1. The Hall–Kier alpha value is -1.70. The van der Waals surface area contributed by atoms with E-state index in [2.05, 4.69) is 5.32 Å². The van der Waals surface area contributed by atoms with Gasteiger partial charge in [0.2, 0.25) is 5.92 Å². The Balaban J connectivity index is 1.55. The number of hydrogen-bond donors (Lipinski definition) is 2. The number of ether oxygens (including phenoxy) is 1. The summed E-state index contributed by atoms with van der Waals surface area (Å²) >= 11 is 6.41. The van der Waals surface area contributed by atoms with Crippen LogP contribution in [0.2, 0.25) is 5.02 Å². The maximum Gasteiger partial charge on any atom is 0.253 e. The number of aromatic nitrogens is 1. The number of alkyl halides is 2. The van der Waals surface area contributed by atoms with Gasteiger partial charge >= 0.3 is 0 Å². The van der Waals surface area contributed by atoms with Crippen molar-refractivity contribution < 1.29 is 23.4 Å². The molecule has 1 aromatic heterocycles. The molecule has 2 heterocycles. The van der Waals surface area contributed by atoms with Gasteiger partial charge in [-0.1, -0.05) is 24.1 Å². The van der Waals surface area contributed by atoms with Gasteiger partial charge in [0, 0.05) is 30.7 Å². The molecule has 1 aliphatic carbocycles. The van der Waals surface area contributed by atoms with E-state index in [0.29, 0.717) is 48.4 Å². The largest absolute Gasteiger partial charge is 0.388 e. The molecular formula is C22H27ClF2N2O3. The maximum absolute atomic E-state index is 13.8. The number of fused-ring (bicyclic) bond motifs is 1. The molecular weight excluding hydrogens is 414 g/mol. The van der Waals surface area contributed by atoms with Crippen LogP contribution in [-0.4, -0.2) is 46.9 Å². The molecule has 2 N–H and O–H groups in total. The Kier molecular flexibility index (Phi) is 5.81. The summed E-state index contributed by atoms with van der Waals surface area (Å²) in [6.45, 7) is 2.07. The zero-order valence-electron chi connectivity index (χ0n) is 17.0. The van der Waals surface area contributed by atoms with Gasteiger partial charge in [0.25, 0.3) is 5.91 Å². The lowest BCUT2D eigenvalue weighted by Gasteiger charge is -2.39. The highest BCUT2D eigenvalue weighted by atomic mass is 35.5. The van der Waals surface area contributed by atoms with Gasteiger partial charge in [0.15, 0.2) is 0 Å². The molecule has 1 saturated heterocycles. The van der Waals surface area contributed by atoms with Crippen LogP contribution in [0.4, 0.5) is 8.78 Å². The van der Waals surface area contributed by atoms with Crippen molar-refractivity contribution in [1.29, 1.82) is 0 Å². The summed E-state index contributed by atoms with van der Waals surface area (Å²) in [6, 6.07) is 5.62. The smallest absolute Gasteiger partial charge is 0.253 e. The van der Waals surface area contributed by atoms with Crippen LogP contribution in [-0.2, 0) is 4.74 Å². The lowest BCUT2D eigenvalue weighted by molar-refractivity contribution is -0.103. The highest BCUT2D eigenvalue weighted by molar-refractivity contribution is 6.36. The topological polar surface area (TPSA) is 63.5 Å². The molecule has 0 bridgehead atoms. The van der Waals surface area contributed by atoms with Gasteiger partial charge in [0.05, 0.1) is 34.4 Å². The summed E-state index contributed by atoms with van der Waals surface area (Å²) in [4.78, 5) is 13.0. The normalized spacial score (nSPS) is 27.5. The second kappa shape index (κ2) is 8.09. The van der Waals surface area contributed by atoms with E-state index in [1.807, 2.05) is 16.7 Å². The average Bonchev–Trinajstić information content (AvgIpc) is 3.34. The number of carbonyl (C=O) groups excluding carboxylic acids is 1. The standard InChI is InChI=1S/C22H27ClF2N2O3/c1-21(24,25)14-4-3-8-22(29,10-14)13-26-20(28)16-11-27(15-7-9-30-12-15)18-6-2-5-17(23)19(16)18/h2,5-6,11,14-15,29H,3-4,7-10,12-13H2,1H3,(H,26,28). The number of nitrogens with one attached hydrogen (secondary N) is 1. The zero-order chi connectivity index (χ0) is 21.5. The first-order chi connectivity index (χ1) is 14.2. The summed E-state index contributed by atoms with van der Waals surface area (Å²) in [5, 5.41) is 14.7. The number of benzene rings is 1. The summed E-state index contributed by atoms with van der Waals surface area (Å²) in [7, 11) is 0. The predicted molar refractivity (Wildman–Crippen MR) is 111 cm³/mol. The molecule has 0 spiro atoms. The van der Waals surface area contributed by atoms with Gasteiger partial charge in [-0.3, -0.25) is 4.79 Å². The Morgan fingerprint density at radius 1 is 1.43 bits per heavy atom. The van der Waals surface area contributed by atoms with Gasteiger partial charge < -0.3 is 19.7 Å². The quantitative estimate of drug-likeness (QED) is 0.716. The molecule has 1 aliphatic heterocycles. The van der Waals surface area contributed by atoms with Crippen molar-refractivity contribution in [2.45, 2.75) is 56.6 Å². The number of halogens is 3. The van der Waals surface area contributed by atoms with Crippen LogP contribution < -0.4 is 5.32 Å². The van der Waals surface area contributed by atoms with E-state index in [9.17, 15) is 18.7 Å². The molecule has 2 fully saturated rings. The van der Waals surface area contributed by atoms with Crippen LogP contribution in [0.25, 0.3) is 10.9 Å². The van der Waals surface area contributed by atoms with E-state index in [-0.39, 0.29) is 24.9 Å². The van der Waals surface area contributed by atoms with Gasteiger partial charge in [0.1, 0.15) is 0 Å². The van der Waals surface area contributed by atoms with E-state index in [1.54, 1.807) is 12.3 Å². The molecule has 2 aliphatic rings. The van der Waals surface area contributed by atoms with E-state index in [1.165, 1.54) is 0 Å². The van der Waals surface area contributed by atoms with Gasteiger partial charge in [-0.2, -0.15) is 0 Å². The maximum atomic E-state index is 13.8. The minimum atomic E-state index is -2.84. The van der Waals surface area contributed by atoms with E-state index >= 15 is 0 Å². The summed E-state index contributed by atoms with van der Waals surface area (Å²) in [6.07, 6.45) is 3.88. The number of amides is 1. The second-order valence-corrected chi connectivity index (χ2v) is 9.17. The van der Waals surface area contributed by atoms with Crippen molar-refractivity contribution >= 4 is 28.4 Å². The Labute approximate surface area is 179 Å². The molecule has 2 aromatic rings. The van der Waals surface area contributed by atoms with Crippen LogP contribution in [0.3, 0.4) is 0 Å². The predicted octanol–water partition coefficient (Wildman–Crippen LogP) is 4.56. The molecule has 1 aromatic carbocycles. The Morgan fingerprint density at radius 2 is 2.23 bits per heavy atom. The van der Waals surface area contributed by atoms with Crippen molar-refractivity contribution in [3.63, 3.8) is 0 Å². The average molecular weight is 441 g/mol. The third-order valence-electron chi connectivity index (χ3n) is 6.47. The van der Waals surface area contributed by atoms with Crippen LogP contribution in [0.5, 0.6) is 0 Å². The number of aliphatic hydroxyl groups is 1. The lowest BCUT2D eigenvalue weighted by Crippen LogP contribution is -2.48. The second-order valence-electron chi connectivity index (χ2n) is 8.76. The van der Waals surface area contributed by atoms with Gasteiger partial charge in [-0.25, -0.2) is 8.78 Å². The van der Waals surface area contributed by atoms with Crippen LogP contribution in [0.15, 0.2) is 24.4 Å². The number of nitrogens with zero attached hydrogens (tertiary/aromatic N) is 1. The summed E-state index contributed by atoms with van der Waals surface area (Å²) in [5.74, 6) is -4.10. The van der Waals surface area contributed by atoms with Crippen LogP contribution in [0, 0.1) is 5.92 Å². The first kappa shape index (κ1) is 21.5.